The Balaban J connectivity index is 2.30. The Bertz CT molecular complexity index is 466. The van der Waals surface area contributed by atoms with Crippen LogP contribution in [0.25, 0.3) is 0 Å². The van der Waals surface area contributed by atoms with Gasteiger partial charge in [-0.25, -0.2) is 0 Å². The second-order valence-electron chi connectivity index (χ2n) is 5.41. The highest BCUT2D eigenvalue weighted by atomic mass is 16.2. The number of amides is 1. The van der Waals surface area contributed by atoms with Crippen molar-refractivity contribution in [2.45, 2.75) is 45.6 Å². The van der Waals surface area contributed by atoms with E-state index in [1.54, 1.807) is 4.68 Å². The summed E-state index contributed by atoms with van der Waals surface area (Å²) in [5.74, 6) is 0.0976. The molecule has 0 saturated carbocycles. The lowest BCUT2D eigenvalue weighted by Gasteiger charge is -2.29. The summed E-state index contributed by atoms with van der Waals surface area (Å²) < 4.78 is 1.78. The first-order valence-corrected chi connectivity index (χ1v) is 7.07. The van der Waals surface area contributed by atoms with Crippen molar-refractivity contribution in [3.63, 3.8) is 0 Å². The molecule has 0 spiro atoms. The summed E-state index contributed by atoms with van der Waals surface area (Å²) in [5.41, 5.74) is 8.34. The maximum Gasteiger partial charge on any atom is 0.257 e. The average molecular weight is 264 g/mol. The summed E-state index contributed by atoms with van der Waals surface area (Å²) in [6, 6.07) is 0.175. The molecule has 5 nitrogen and oxygen atoms in total. The molecule has 1 aromatic rings. The standard InChI is InChI=1S/C14H24N4O/c1-10-13(11(2)17(3)16-10)14(19)18-8-6-4-5-7-12(18)9-15/h12H,4-9,15H2,1-3H3. The summed E-state index contributed by atoms with van der Waals surface area (Å²) >= 11 is 0. The Morgan fingerprint density at radius 1 is 1.37 bits per heavy atom. The Kier molecular flexibility index (Phi) is 4.24. The van der Waals surface area contributed by atoms with E-state index in [0.29, 0.717) is 6.54 Å². The minimum absolute atomic E-state index is 0.0976. The molecule has 106 valence electrons. The number of carbonyl (C=O) groups is 1. The van der Waals surface area contributed by atoms with E-state index in [4.69, 9.17) is 5.73 Å². The highest BCUT2D eigenvalue weighted by molar-refractivity contribution is 5.96. The van der Waals surface area contributed by atoms with Gasteiger partial charge in [-0.1, -0.05) is 12.8 Å². The molecule has 0 bridgehead atoms. The summed E-state index contributed by atoms with van der Waals surface area (Å²) in [7, 11) is 1.88. The maximum atomic E-state index is 12.8. The number of carbonyl (C=O) groups excluding carboxylic acids is 1. The van der Waals surface area contributed by atoms with Gasteiger partial charge in [0.05, 0.1) is 11.3 Å². The van der Waals surface area contributed by atoms with E-state index in [9.17, 15) is 4.79 Å². The molecular formula is C14H24N4O. The van der Waals surface area contributed by atoms with Gasteiger partial charge in [0.1, 0.15) is 0 Å². The number of hydrogen-bond donors (Lipinski definition) is 1. The molecule has 1 aliphatic rings. The molecule has 5 heteroatoms. The van der Waals surface area contributed by atoms with Crippen LogP contribution in [0.3, 0.4) is 0 Å². The SMILES string of the molecule is Cc1nn(C)c(C)c1C(=O)N1CCCCCC1CN. The Morgan fingerprint density at radius 2 is 2.11 bits per heavy atom. The minimum atomic E-state index is 0.0976. The highest BCUT2D eigenvalue weighted by Crippen LogP contribution is 2.21. The molecule has 1 fully saturated rings. The Hall–Kier alpha value is -1.36. The second-order valence-corrected chi connectivity index (χ2v) is 5.41. The van der Waals surface area contributed by atoms with Gasteiger partial charge in [0.2, 0.25) is 0 Å². The van der Waals surface area contributed by atoms with E-state index in [1.807, 2.05) is 25.8 Å². The summed E-state index contributed by atoms with van der Waals surface area (Å²) in [5, 5.41) is 4.34. The Labute approximate surface area is 114 Å². The van der Waals surface area contributed by atoms with E-state index < -0.39 is 0 Å². The first-order chi connectivity index (χ1) is 9.06. The van der Waals surface area contributed by atoms with E-state index in [-0.39, 0.29) is 11.9 Å². The molecule has 1 saturated heterocycles. The van der Waals surface area contributed by atoms with Gasteiger partial charge in [-0.2, -0.15) is 5.10 Å². The quantitative estimate of drug-likeness (QED) is 0.877. The van der Waals surface area contributed by atoms with Gasteiger partial charge in [0, 0.05) is 31.9 Å². The highest BCUT2D eigenvalue weighted by Gasteiger charge is 2.28. The molecule has 0 aromatic carbocycles. The lowest BCUT2D eigenvalue weighted by Crippen LogP contribution is -2.44. The zero-order chi connectivity index (χ0) is 14.0. The summed E-state index contributed by atoms with van der Waals surface area (Å²) in [6.45, 7) is 5.20. The van der Waals surface area contributed by atoms with E-state index >= 15 is 0 Å². The van der Waals surface area contributed by atoms with Gasteiger partial charge in [-0.05, 0) is 26.7 Å². The zero-order valence-corrected chi connectivity index (χ0v) is 12.1. The number of nitrogens with zero attached hydrogens (tertiary/aromatic N) is 3. The van der Waals surface area contributed by atoms with Crippen LogP contribution in [0.1, 0.15) is 47.4 Å². The van der Waals surface area contributed by atoms with Gasteiger partial charge < -0.3 is 10.6 Å². The molecule has 19 heavy (non-hydrogen) atoms. The fourth-order valence-electron chi connectivity index (χ4n) is 2.92. The molecule has 0 radical (unpaired) electrons. The van der Waals surface area contributed by atoms with Gasteiger partial charge in [0.25, 0.3) is 5.91 Å². The number of likely N-dealkylation sites (tertiary alicyclic amines) is 1. The number of nitrogens with two attached hydrogens (primary N) is 1. The van der Waals surface area contributed by atoms with E-state index in [2.05, 4.69) is 5.10 Å². The van der Waals surface area contributed by atoms with Crippen LogP contribution in [-0.4, -0.2) is 39.7 Å². The third kappa shape index (κ3) is 2.66. The van der Waals surface area contributed by atoms with Crippen molar-refractivity contribution in [1.29, 1.82) is 0 Å². The van der Waals surface area contributed by atoms with Crippen LogP contribution >= 0.6 is 0 Å². The molecule has 2 heterocycles. The molecule has 1 atom stereocenters. The van der Waals surface area contributed by atoms with Gasteiger partial charge >= 0.3 is 0 Å². The molecular weight excluding hydrogens is 240 g/mol. The van der Waals surface area contributed by atoms with Crippen molar-refractivity contribution in [3.8, 4) is 0 Å². The molecule has 1 aliphatic heterocycles. The Morgan fingerprint density at radius 3 is 2.68 bits per heavy atom. The second kappa shape index (κ2) is 5.74. The third-order valence-electron chi connectivity index (χ3n) is 4.13. The lowest BCUT2D eigenvalue weighted by molar-refractivity contribution is 0.0687. The van der Waals surface area contributed by atoms with Crippen LogP contribution < -0.4 is 5.73 Å². The topological polar surface area (TPSA) is 64.2 Å². The van der Waals surface area contributed by atoms with Crippen LogP contribution in [-0.2, 0) is 7.05 Å². The predicted octanol–water partition coefficient (Wildman–Crippen LogP) is 1.38. The van der Waals surface area contributed by atoms with Crippen molar-refractivity contribution in [2.75, 3.05) is 13.1 Å². The van der Waals surface area contributed by atoms with Gasteiger partial charge in [-0.15, -0.1) is 0 Å². The number of aryl methyl sites for hydroxylation is 2. The lowest BCUT2D eigenvalue weighted by atomic mass is 10.1. The molecule has 1 amide bonds. The first-order valence-electron chi connectivity index (χ1n) is 7.07. The summed E-state index contributed by atoms with van der Waals surface area (Å²) in [6.07, 6.45) is 4.43. The fraction of sp³-hybridized carbons (Fsp3) is 0.714. The van der Waals surface area contributed by atoms with E-state index in [0.717, 1.165) is 42.8 Å². The van der Waals surface area contributed by atoms with Crippen molar-refractivity contribution < 1.29 is 4.79 Å². The van der Waals surface area contributed by atoms with Crippen LogP contribution in [0.15, 0.2) is 0 Å². The number of aromatic nitrogens is 2. The number of hydrogen-bond acceptors (Lipinski definition) is 3. The number of rotatable bonds is 2. The van der Waals surface area contributed by atoms with Gasteiger partial charge in [0.15, 0.2) is 0 Å². The normalized spacial score (nSPS) is 20.4. The van der Waals surface area contributed by atoms with Crippen LogP contribution in [0, 0.1) is 13.8 Å². The van der Waals surface area contributed by atoms with Crippen molar-refractivity contribution >= 4 is 5.91 Å². The maximum absolute atomic E-state index is 12.8. The van der Waals surface area contributed by atoms with Crippen LogP contribution in [0.5, 0.6) is 0 Å². The molecule has 1 aromatic heterocycles. The van der Waals surface area contributed by atoms with Crippen molar-refractivity contribution in [2.24, 2.45) is 12.8 Å². The smallest absolute Gasteiger partial charge is 0.257 e. The molecule has 1 unspecified atom stereocenters. The fourth-order valence-corrected chi connectivity index (χ4v) is 2.92. The van der Waals surface area contributed by atoms with E-state index in [1.165, 1.54) is 6.42 Å². The van der Waals surface area contributed by atoms with Crippen LogP contribution in [0.4, 0.5) is 0 Å². The van der Waals surface area contributed by atoms with Gasteiger partial charge in [-0.3, -0.25) is 9.48 Å². The molecule has 0 aliphatic carbocycles. The van der Waals surface area contributed by atoms with Crippen LogP contribution in [0.2, 0.25) is 0 Å². The average Bonchev–Trinajstić information content (AvgIpc) is 2.60. The van der Waals surface area contributed by atoms with Crippen molar-refractivity contribution in [3.05, 3.63) is 17.0 Å². The zero-order valence-electron chi connectivity index (χ0n) is 12.1. The largest absolute Gasteiger partial charge is 0.334 e. The monoisotopic (exact) mass is 264 g/mol. The minimum Gasteiger partial charge on any atom is -0.334 e. The molecule has 2 N–H and O–H groups in total. The third-order valence-corrected chi connectivity index (χ3v) is 4.13. The van der Waals surface area contributed by atoms with Crippen molar-refractivity contribution in [1.82, 2.24) is 14.7 Å². The summed E-state index contributed by atoms with van der Waals surface area (Å²) in [4.78, 5) is 14.8. The first kappa shape index (κ1) is 14.1. The molecule has 2 rings (SSSR count). The predicted molar refractivity (Wildman–Crippen MR) is 75.0 cm³/mol.